The van der Waals surface area contributed by atoms with Gasteiger partial charge in [0.1, 0.15) is 11.5 Å². The molecule has 184 valence electrons. The van der Waals surface area contributed by atoms with Crippen LogP contribution in [0.4, 0.5) is 5.13 Å². The Kier molecular flexibility index (Phi) is 6.36. The van der Waals surface area contributed by atoms with E-state index in [0.717, 1.165) is 28.6 Å². The summed E-state index contributed by atoms with van der Waals surface area (Å²) in [7, 11) is 0. The Morgan fingerprint density at radius 2 is 1.92 bits per heavy atom. The van der Waals surface area contributed by atoms with Gasteiger partial charge in [-0.25, -0.2) is 4.98 Å². The van der Waals surface area contributed by atoms with Crippen molar-refractivity contribution in [3.63, 3.8) is 0 Å². The number of carbonyl (C=O) groups is 2. The van der Waals surface area contributed by atoms with Crippen LogP contribution in [0.25, 0.3) is 10.2 Å². The van der Waals surface area contributed by atoms with Crippen LogP contribution >= 0.6 is 11.3 Å². The fourth-order valence-electron chi connectivity index (χ4n) is 4.29. The van der Waals surface area contributed by atoms with E-state index >= 15 is 0 Å². The molecule has 1 aliphatic heterocycles. The van der Waals surface area contributed by atoms with E-state index in [0.29, 0.717) is 28.8 Å². The monoisotopic (exact) mass is 502 g/mol. The zero-order valence-corrected chi connectivity index (χ0v) is 21.1. The number of ketones is 1. The average Bonchev–Trinajstić information content (AvgIpc) is 3.58. The summed E-state index contributed by atoms with van der Waals surface area (Å²) in [6, 6.07) is 15.5. The predicted octanol–water partition coefficient (Wildman–Crippen LogP) is 6.33. The van der Waals surface area contributed by atoms with E-state index in [-0.39, 0.29) is 11.3 Å². The van der Waals surface area contributed by atoms with E-state index in [2.05, 4.69) is 18.0 Å². The van der Waals surface area contributed by atoms with Crippen molar-refractivity contribution in [2.24, 2.45) is 0 Å². The Hall–Kier alpha value is -3.91. The van der Waals surface area contributed by atoms with Gasteiger partial charge in [0.05, 0.1) is 28.4 Å². The second kappa shape index (κ2) is 9.62. The van der Waals surface area contributed by atoms with E-state index < -0.39 is 23.5 Å². The largest absolute Gasteiger partial charge is 0.503 e. The molecule has 2 aromatic heterocycles. The molecule has 1 aliphatic rings. The summed E-state index contributed by atoms with van der Waals surface area (Å²) >= 11 is 1.35. The molecule has 8 heteroatoms. The molecule has 0 bridgehead atoms. The van der Waals surface area contributed by atoms with E-state index in [9.17, 15) is 14.7 Å². The fourth-order valence-corrected chi connectivity index (χ4v) is 5.34. The zero-order valence-electron chi connectivity index (χ0n) is 20.3. The Morgan fingerprint density at radius 1 is 1.14 bits per heavy atom. The molecule has 0 spiro atoms. The normalized spacial score (nSPS) is 15.8. The molecule has 4 aromatic rings. The highest BCUT2D eigenvalue weighted by atomic mass is 32.1. The van der Waals surface area contributed by atoms with Crippen LogP contribution in [0.5, 0.6) is 5.75 Å². The Labute approximate surface area is 212 Å². The lowest BCUT2D eigenvalue weighted by atomic mass is 9.95. The molecule has 0 unspecified atom stereocenters. The number of aliphatic hydroxyl groups is 1. The smallest absolute Gasteiger partial charge is 0.296 e. The van der Waals surface area contributed by atoms with Crippen LogP contribution in [0, 0.1) is 6.92 Å². The molecule has 0 fully saturated rings. The first-order valence-corrected chi connectivity index (χ1v) is 12.7. The minimum absolute atomic E-state index is 0.0370. The third-order valence-electron chi connectivity index (χ3n) is 6.14. The maximum atomic E-state index is 13.5. The summed E-state index contributed by atoms with van der Waals surface area (Å²) in [5.41, 5.74) is 2.53. The first-order valence-electron chi connectivity index (χ1n) is 11.9. The van der Waals surface area contributed by atoms with Crippen molar-refractivity contribution in [2.45, 2.75) is 39.7 Å². The van der Waals surface area contributed by atoms with Crippen molar-refractivity contribution in [1.82, 2.24) is 4.98 Å². The van der Waals surface area contributed by atoms with E-state index in [4.69, 9.17) is 9.15 Å². The predicted molar refractivity (Wildman–Crippen MR) is 139 cm³/mol. The van der Waals surface area contributed by atoms with Crippen molar-refractivity contribution in [3.8, 4) is 5.75 Å². The van der Waals surface area contributed by atoms with Gasteiger partial charge in [-0.15, -0.1) is 0 Å². The number of aryl methyl sites for hydroxylation is 2. The third kappa shape index (κ3) is 4.18. The number of fused-ring (bicyclic) bond motifs is 1. The van der Waals surface area contributed by atoms with Crippen LogP contribution < -0.4 is 9.64 Å². The number of nitrogens with zero attached hydrogens (tertiary/aromatic N) is 2. The van der Waals surface area contributed by atoms with Crippen molar-refractivity contribution in [2.75, 3.05) is 11.5 Å². The van der Waals surface area contributed by atoms with Gasteiger partial charge in [-0.2, -0.15) is 0 Å². The number of Topliss-reactive ketones (excluding diaryl/α,β-unsaturated/α-hetero) is 1. The van der Waals surface area contributed by atoms with Crippen molar-refractivity contribution < 1.29 is 23.8 Å². The number of hydrogen-bond donors (Lipinski definition) is 1. The molecule has 1 N–H and O–H groups in total. The highest BCUT2D eigenvalue weighted by Gasteiger charge is 2.46. The number of aromatic nitrogens is 1. The SMILES string of the molecule is CCCOc1ccc([C@H]2C(C(=O)c3ccc(C)o3)=C(O)C(=O)N2c2nc3ccc(CC)cc3s2)cc1. The van der Waals surface area contributed by atoms with Gasteiger partial charge in [-0.1, -0.05) is 43.4 Å². The number of hydrogen-bond acceptors (Lipinski definition) is 7. The summed E-state index contributed by atoms with van der Waals surface area (Å²) < 4.78 is 12.2. The van der Waals surface area contributed by atoms with Crippen molar-refractivity contribution in [1.29, 1.82) is 0 Å². The minimum Gasteiger partial charge on any atom is -0.503 e. The molecule has 36 heavy (non-hydrogen) atoms. The Morgan fingerprint density at radius 3 is 2.58 bits per heavy atom. The molecule has 7 nitrogen and oxygen atoms in total. The second-order valence-electron chi connectivity index (χ2n) is 8.65. The van der Waals surface area contributed by atoms with Gasteiger partial charge < -0.3 is 14.3 Å². The number of anilines is 1. The first-order chi connectivity index (χ1) is 17.4. The van der Waals surface area contributed by atoms with Gasteiger partial charge in [0.15, 0.2) is 16.7 Å². The van der Waals surface area contributed by atoms with Gasteiger partial charge in [0.25, 0.3) is 5.91 Å². The standard InChI is InChI=1S/C28H26N2O5S/c1-4-14-34-19-10-8-18(9-11-19)24-23(25(31)21-13-6-16(3)35-21)26(32)27(33)30(24)28-29-20-12-7-17(5-2)15-22(20)36-28/h6-13,15,24,32H,4-5,14H2,1-3H3/t24-/m0/s1. The van der Waals surface area contributed by atoms with Gasteiger partial charge in [-0.3, -0.25) is 14.5 Å². The summed E-state index contributed by atoms with van der Waals surface area (Å²) in [5, 5.41) is 11.4. The lowest BCUT2D eigenvalue weighted by Gasteiger charge is -2.24. The van der Waals surface area contributed by atoms with E-state index in [1.807, 2.05) is 19.1 Å². The Bertz CT molecular complexity index is 1480. The fraction of sp³-hybridized carbons (Fsp3) is 0.250. The quantitative estimate of drug-likeness (QED) is 0.283. The molecule has 0 saturated heterocycles. The number of ether oxygens (including phenoxy) is 1. The maximum Gasteiger partial charge on any atom is 0.296 e. The zero-order chi connectivity index (χ0) is 25.4. The number of rotatable bonds is 8. The second-order valence-corrected chi connectivity index (χ2v) is 9.66. The number of thiazole rings is 1. The molecule has 2 aromatic carbocycles. The molecule has 3 heterocycles. The van der Waals surface area contributed by atoms with Gasteiger partial charge in [0.2, 0.25) is 5.78 Å². The average molecular weight is 503 g/mol. The van der Waals surface area contributed by atoms with Crippen LogP contribution in [-0.4, -0.2) is 28.4 Å². The maximum absolute atomic E-state index is 13.5. The Balaban J connectivity index is 1.62. The highest BCUT2D eigenvalue weighted by molar-refractivity contribution is 7.22. The molecular weight excluding hydrogens is 476 g/mol. The van der Waals surface area contributed by atoms with Crippen molar-refractivity contribution in [3.05, 3.63) is 88.6 Å². The van der Waals surface area contributed by atoms with Crippen LogP contribution in [0.15, 0.2) is 70.3 Å². The first kappa shape index (κ1) is 23.8. The van der Waals surface area contributed by atoms with Gasteiger partial charge >= 0.3 is 0 Å². The summed E-state index contributed by atoms with van der Waals surface area (Å²) in [6.45, 7) is 6.42. The molecule has 1 amide bonds. The minimum atomic E-state index is -0.873. The molecule has 0 saturated carbocycles. The van der Waals surface area contributed by atoms with Crippen LogP contribution in [0.3, 0.4) is 0 Å². The lowest BCUT2D eigenvalue weighted by Crippen LogP contribution is -2.30. The van der Waals surface area contributed by atoms with E-state index in [1.165, 1.54) is 16.2 Å². The number of aliphatic hydroxyl groups excluding tert-OH is 1. The van der Waals surface area contributed by atoms with Crippen LogP contribution in [0.1, 0.15) is 53.8 Å². The summed E-state index contributed by atoms with van der Waals surface area (Å²) in [5.74, 6) is -0.500. The lowest BCUT2D eigenvalue weighted by molar-refractivity contribution is -0.117. The summed E-state index contributed by atoms with van der Waals surface area (Å²) in [6.07, 6.45) is 1.76. The third-order valence-corrected chi connectivity index (χ3v) is 7.16. The topological polar surface area (TPSA) is 92.9 Å². The highest BCUT2D eigenvalue weighted by Crippen LogP contribution is 2.44. The van der Waals surface area contributed by atoms with Crippen molar-refractivity contribution >= 4 is 38.4 Å². The van der Waals surface area contributed by atoms with Crippen LogP contribution in [-0.2, 0) is 11.2 Å². The number of furan rings is 1. The van der Waals surface area contributed by atoms with Crippen LogP contribution in [0.2, 0.25) is 0 Å². The molecule has 5 rings (SSSR count). The molecule has 0 radical (unpaired) electrons. The van der Waals surface area contributed by atoms with E-state index in [1.54, 1.807) is 43.3 Å². The van der Waals surface area contributed by atoms with Gasteiger partial charge in [-0.05, 0) is 67.3 Å². The van der Waals surface area contributed by atoms with Gasteiger partial charge in [0, 0.05) is 0 Å². The number of carbonyl (C=O) groups excluding carboxylic acids is 2. The molecule has 0 aliphatic carbocycles. The molecular formula is C28H26N2O5S. The number of benzene rings is 2. The number of amides is 1. The molecule has 1 atom stereocenters. The summed E-state index contributed by atoms with van der Waals surface area (Å²) in [4.78, 5) is 33.0.